The maximum atomic E-state index is 13.8. The highest BCUT2D eigenvalue weighted by Gasteiger charge is 2.19. The number of hydrogen-bond acceptors (Lipinski definition) is 2. The molecule has 0 spiro atoms. The van der Waals surface area contributed by atoms with E-state index in [-0.39, 0.29) is 11.3 Å². The normalized spacial score (nSPS) is 16.9. The first-order chi connectivity index (χ1) is 9.20. The Morgan fingerprint density at radius 3 is 2.53 bits per heavy atom. The fourth-order valence-corrected chi connectivity index (χ4v) is 2.79. The van der Waals surface area contributed by atoms with Crippen molar-refractivity contribution in [1.82, 2.24) is 0 Å². The zero-order valence-electron chi connectivity index (χ0n) is 11.5. The van der Waals surface area contributed by atoms with Crippen molar-refractivity contribution >= 4 is 5.78 Å². The third-order valence-corrected chi connectivity index (χ3v) is 3.93. The average molecular weight is 264 g/mol. The molecule has 1 saturated carbocycles. The first-order valence-electron chi connectivity index (χ1n) is 7.07. The summed E-state index contributed by atoms with van der Waals surface area (Å²) in [5, 5.41) is 0. The Bertz CT molecular complexity index is 434. The number of methoxy groups -OCH3 is 1. The third kappa shape index (κ3) is 3.79. The van der Waals surface area contributed by atoms with Gasteiger partial charge >= 0.3 is 0 Å². The van der Waals surface area contributed by atoms with Crippen molar-refractivity contribution in [3.63, 3.8) is 0 Å². The van der Waals surface area contributed by atoms with Gasteiger partial charge in [0.1, 0.15) is 11.6 Å². The topological polar surface area (TPSA) is 26.3 Å². The van der Waals surface area contributed by atoms with Crippen LogP contribution in [0.15, 0.2) is 18.2 Å². The van der Waals surface area contributed by atoms with E-state index in [1.807, 2.05) is 0 Å². The molecule has 104 valence electrons. The fraction of sp³-hybridized carbons (Fsp3) is 0.562. The standard InChI is InChI=1S/C16H21FO2/c1-19-13-8-9-14(15(17)11-13)16(18)10-12-6-4-2-3-5-7-12/h8-9,11-12H,2-7,10H2,1H3. The predicted molar refractivity (Wildman–Crippen MR) is 73.1 cm³/mol. The van der Waals surface area contributed by atoms with E-state index in [0.29, 0.717) is 18.1 Å². The molecule has 3 heteroatoms. The van der Waals surface area contributed by atoms with Gasteiger partial charge in [-0.25, -0.2) is 4.39 Å². The van der Waals surface area contributed by atoms with Gasteiger partial charge in [0.2, 0.25) is 0 Å². The van der Waals surface area contributed by atoms with Crippen molar-refractivity contribution in [3.8, 4) is 5.75 Å². The molecule has 0 atom stereocenters. The molecular weight excluding hydrogens is 243 g/mol. The number of Topliss-reactive ketones (excluding diaryl/α,β-unsaturated/α-hetero) is 1. The molecule has 1 fully saturated rings. The lowest BCUT2D eigenvalue weighted by molar-refractivity contribution is 0.0953. The second kappa shape index (κ2) is 6.69. The Kier molecular flexibility index (Phi) is 4.94. The van der Waals surface area contributed by atoms with Gasteiger partial charge in [-0.2, -0.15) is 0 Å². The molecular formula is C16H21FO2. The highest BCUT2D eigenvalue weighted by molar-refractivity contribution is 5.96. The Labute approximate surface area is 114 Å². The Morgan fingerprint density at radius 2 is 1.95 bits per heavy atom. The van der Waals surface area contributed by atoms with Crippen molar-refractivity contribution < 1.29 is 13.9 Å². The predicted octanol–water partition coefficient (Wildman–Crippen LogP) is 4.38. The molecule has 0 amide bonds. The largest absolute Gasteiger partial charge is 0.497 e. The molecule has 2 nitrogen and oxygen atoms in total. The molecule has 0 unspecified atom stereocenters. The molecule has 0 radical (unpaired) electrons. The van der Waals surface area contributed by atoms with Gasteiger partial charge in [0.25, 0.3) is 0 Å². The highest BCUT2D eigenvalue weighted by atomic mass is 19.1. The molecule has 1 aromatic rings. The van der Waals surface area contributed by atoms with E-state index in [0.717, 1.165) is 12.8 Å². The van der Waals surface area contributed by atoms with Gasteiger partial charge in [-0.15, -0.1) is 0 Å². The summed E-state index contributed by atoms with van der Waals surface area (Å²) < 4.78 is 18.8. The molecule has 0 aromatic heterocycles. The van der Waals surface area contributed by atoms with Crippen LogP contribution in [0.2, 0.25) is 0 Å². The van der Waals surface area contributed by atoms with E-state index < -0.39 is 5.82 Å². The maximum absolute atomic E-state index is 13.8. The second-order valence-corrected chi connectivity index (χ2v) is 5.33. The van der Waals surface area contributed by atoms with Gasteiger partial charge in [0.05, 0.1) is 12.7 Å². The van der Waals surface area contributed by atoms with Gasteiger partial charge in [0, 0.05) is 12.5 Å². The Balaban J connectivity index is 2.02. The maximum Gasteiger partial charge on any atom is 0.166 e. The summed E-state index contributed by atoms with van der Waals surface area (Å²) in [5.41, 5.74) is 0.199. The Morgan fingerprint density at radius 1 is 1.26 bits per heavy atom. The molecule has 0 saturated heterocycles. The van der Waals surface area contributed by atoms with Gasteiger partial charge in [-0.3, -0.25) is 4.79 Å². The Hall–Kier alpha value is -1.38. The van der Waals surface area contributed by atoms with Crippen molar-refractivity contribution in [2.75, 3.05) is 7.11 Å². The van der Waals surface area contributed by atoms with Crippen molar-refractivity contribution in [2.24, 2.45) is 5.92 Å². The van der Waals surface area contributed by atoms with E-state index in [1.165, 1.54) is 44.9 Å². The van der Waals surface area contributed by atoms with Crippen molar-refractivity contribution in [3.05, 3.63) is 29.6 Å². The lowest BCUT2D eigenvalue weighted by Gasteiger charge is -2.13. The van der Waals surface area contributed by atoms with Crippen LogP contribution >= 0.6 is 0 Å². The van der Waals surface area contributed by atoms with Gasteiger partial charge in [-0.1, -0.05) is 38.5 Å². The minimum Gasteiger partial charge on any atom is -0.497 e. The minimum absolute atomic E-state index is 0.0768. The molecule has 1 aromatic carbocycles. The summed E-state index contributed by atoms with van der Waals surface area (Å²) in [6, 6.07) is 4.46. The number of ketones is 1. The summed E-state index contributed by atoms with van der Waals surface area (Å²) in [7, 11) is 1.49. The number of carbonyl (C=O) groups is 1. The van der Waals surface area contributed by atoms with Crippen LogP contribution in [0.25, 0.3) is 0 Å². The molecule has 1 aliphatic carbocycles. The summed E-state index contributed by atoms with van der Waals surface area (Å²) >= 11 is 0. The monoisotopic (exact) mass is 264 g/mol. The number of halogens is 1. The van der Waals surface area contributed by atoms with Gasteiger partial charge in [0.15, 0.2) is 5.78 Å². The zero-order valence-corrected chi connectivity index (χ0v) is 11.5. The molecule has 1 aliphatic rings. The smallest absolute Gasteiger partial charge is 0.166 e. The quantitative estimate of drug-likeness (QED) is 0.596. The van der Waals surface area contributed by atoms with E-state index in [1.54, 1.807) is 6.07 Å². The average Bonchev–Trinajstić information content (AvgIpc) is 2.67. The summed E-state index contributed by atoms with van der Waals surface area (Å²) in [6.07, 6.45) is 7.60. The van der Waals surface area contributed by atoms with Crippen LogP contribution in [-0.2, 0) is 0 Å². The molecule has 19 heavy (non-hydrogen) atoms. The lowest BCUT2D eigenvalue weighted by atomic mass is 9.92. The van der Waals surface area contributed by atoms with E-state index in [9.17, 15) is 9.18 Å². The molecule has 0 heterocycles. The summed E-state index contributed by atoms with van der Waals surface area (Å²) in [4.78, 5) is 12.2. The molecule has 2 rings (SSSR count). The van der Waals surface area contributed by atoms with Gasteiger partial charge in [-0.05, 0) is 18.1 Å². The SMILES string of the molecule is COc1ccc(C(=O)CC2CCCCCC2)c(F)c1. The van der Waals surface area contributed by atoms with Gasteiger partial charge < -0.3 is 4.74 Å². The minimum atomic E-state index is -0.474. The lowest BCUT2D eigenvalue weighted by Crippen LogP contribution is -2.10. The van der Waals surface area contributed by atoms with E-state index in [4.69, 9.17) is 4.74 Å². The fourth-order valence-electron chi connectivity index (χ4n) is 2.79. The summed E-state index contributed by atoms with van der Waals surface area (Å²) in [6.45, 7) is 0. The second-order valence-electron chi connectivity index (χ2n) is 5.33. The van der Waals surface area contributed by atoms with Crippen LogP contribution in [0, 0.1) is 11.7 Å². The molecule has 0 bridgehead atoms. The van der Waals surface area contributed by atoms with E-state index >= 15 is 0 Å². The molecule has 0 N–H and O–H groups in total. The first-order valence-corrected chi connectivity index (χ1v) is 7.07. The number of carbonyl (C=O) groups excluding carboxylic acids is 1. The van der Waals surface area contributed by atoms with Crippen LogP contribution in [-0.4, -0.2) is 12.9 Å². The number of ether oxygens (including phenoxy) is 1. The van der Waals surface area contributed by atoms with Crippen LogP contribution in [0.5, 0.6) is 5.75 Å². The molecule has 0 aliphatic heterocycles. The number of rotatable bonds is 4. The number of benzene rings is 1. The highest BCUT2D eigenvalue weighted by Crippen LogP contribution is 2.27. The van der Waals surface area contributed by atoms with Crippen LogP contribution in [0.4, 0.5) is 4.39 Å². The summed E-state index contributed by atoms with van der Waals surface area (Å²) in [5.74, 6) is 0.324. The number of hydrogen-bond donors (Lipinski definition) is 0. The van der Waals surface area contributed by atoms with Crippen molar-refractivity contribution in [1.29, 1.82) is 0 Å². The van der Waals surface area contributed by atoms with Crippen LogP contribution in [0.1, 0.15) is 55.3 Å². The third-order valence-electron chi connectivity index (χ3n) is 3.93. The van der Waals surface area contributed by atoms with Crippen molar-refractivity contribution in [2.45, 2.75) is 44.9 Å². The van der Waals surface area contributed by atoms with Crippen LogP contribution < -0.4 is 4.74 Å². The van der Waals surface area contributed by atoms with Crippen LogP contribution in [0.3, 0.4) is 0 Å². The zero-order chi connectivity index (χ0) is 13.7. The van der Waals surface area contributed by atoms with E-state index in [2.05, 4.69) is 0 Å². The first kappa shape index (κ1) is 14.0.